The average molecular weight is 171 g/mol. The molecule has 0 aliphatic heterocycles. The van der Waals surface area contributed by atoms with E-state index < -0.39 is 0 Å². The fourth-order valence-electron chi connectivity index (χ4n) is 1.66. The zero-order chi connectivity index (χ0) is 8.84. The molecule has 0 aliphatic carbocycles. The Kier molecular flexibility index (Phi) is 1.10. The second kappa shape index (κ2) is 2.13. The van der Waals surface area contributed by atoms with E-state index in [0.29, 0.717) is 0 Å². The molecule has 0 spiro atoms. The highest BCUT2D eigenvalue weighted by atomic mass is 15.2. The number of para-hydroxylation sites is 2. The standard InChI is InChI=1S/C10H9N3/c1-12-6-7-13-9-5-3-2-4-8(9)11-10(12)13/h2-7H,1H3. The fraction of sp³-hybridized carbons (Fsp3) is 0.100. The van der Waals surface area contributed by atoms with Gasteiger partial charge in [0.15, 0.2) is 0 Å². The molecule has 0 radical (unpaired) electrons. The Morgan fingerprint density at radius 1 is 1.15 bits per heavy atom. The summed E-state index contributed by atoms with van der Waals surface area (Å²) in [5, 5.41) is 0. The van der Waals surface area contributed by atoms with Crippen LogP contribution in [0.2, 0.25) is 0 Å². The molecule has 0 saturated heterocycles. The average Bonchev–Trinajstić information content (AvgIpc) is 2.67. The highest BCUT2D eigenvalue weighted by Gasteiger charge is 2.04. The number of fused-ring (bicyclic) bond motifs is 3. The van der Waals surface area contributed by atoms with E-state index in [0.717, 1.165) is 16.8 Å². The van der Waals surface area contributed by atoms with E-state index in [2.05, 4.69) is 15.5 Å². The first-order chi connectivity index (χ1) is 6.36. The molecule has 0 fully saturated rings. The van der Waals surface area contributed by atoms with Crippen LogP contribution in [0.4, 0.5) is 0 Å². The minimum absolute atomic E-state index is 0.987. The van der Waals surface area contributed by atoms with Crippen molar-refractivity contribution >= 4 is 16.8 Å². The van der Waals surface area contributed by atoms with Gasteiger partial charge < -0.3 is 4.57 Å². The van der Waals surface area contributed by atoms with Gasteiger partial charge in [0.25, 0.3) is 0 Å². The molecule has 3 rings (SSSR count). The van der Waals surface area contributed by atoms with Crippen molar-refractivity contribution in [2.45, 2.75) is 0 Å². The summed E-state index contributed by atoms with van der Waals surface area (Å²) in [6.45, 7) is 0. The van der Waals surface area contributed by atoms with Gasteiger partial charge in [0.1, 0.15) is 0 Å². The van der Waals surface area contributed by atoms with Gasteiger partial charge in [-0.25, -0.2) is 4.98 Å². The minimum Gasteiger partial charge on any atom is -0.320 e. The summed E-state index contributed by atoms with van der Waals surface area (Å²) in [7, 11) is 2.00. The molecule has 1 aromatic carbocycles. The van der Waals surface area contributed by atoms with Gasteiger partial charge in [-0.15, -0.1) is 0 Å². The van der Waals surface area contributed by atoms with E-state index in [4.69, 9.17) is 0 Å². The summed E-state index contributed by atoms with van der Waals surface area (Å²) >= 11 is 0. The molecule has 3 nitrogen and oxygen atoms in total. The first-order valence-corrected chi connectivity index (χ1v) is 4.24. The van der Waals surface area contributed by atoms with E-state index in [1.807, 2.05) is 42.2 Å². The first kappa shape index (κ1) is 6.71. The third-order valence-corrected chi connectivity index (χ3v) is 2.33. The molecular formula is C10H9N3. The lowest BCUT2D eigenvalue weighted by atomic mass is 10.3. The van der Waals surface area contributed by atoms with E-state index >= 15 is 0 Å². The molecule has 3 aromatic rings. The van der Waals surface area contributed by atoms with Crippen LogP contribution in [0.5, 0.6) is 0 Å². The predicted molar refractivity (Wildman–Crippen MR) is 51.7 cm³/mol. The topological polar surface area (TPSA) is 22.2 Å². The van der Waals surface area contributed by atoms with Gasteiger partial charge in [0, 0.05) is 19.4 Å². The van der Waals surface area contributed by atoms with Crippen LogP contribution in [0.1, 0.15) is 0 Å². The zero-order valence-corrected chi connectivity index (χ0v) is 7.31. The van der Waals surface area contributed by atoms with Gasteiger partial charge in [0.05, 0.1) is 11.0 Å². The largest absolute Gasteiger partial charge is 0.320 e. The summed E-state index contributed by atoms with van der Waals surface area (Å²) in [5.74, 6) is 0.987. The molecule has 64 valence electrons. The van der Waals surface area contributed by atoms with Crippen LogP contribution in [-0.2, 0) is 7.05 Å². The Morgan fingerprint density at radius 2 is 2.00 bits per heavy atom. The van der Waals surface area contributed by atoms with Gasteiger partial charge in [-0.2, -0.15) is 0 Å². The van der Waals surface area contributed by atoms with Crippen LogP contribution in [0.3, 0.4) is 0 Å². The van der Waals surface area contributed by atoms with Gasteiger partial charge in [0.2, 0.25) is 5.78 Å². The summed E-state index contributed by atoms with van der Waals surface area (Å²) in [6.07, 6.45) is 4.04. The molecule has 3 heteroatoms. The number of hydrogen-bond acceptors (Lipinski definition) is 1. The van der Waals surface area contributed by atoms with Crippen LogP contribution < -0.4 is 0 Å². The summed E-state index contributed by atoms with van der Waals surface area (Å²) in [4.78, 5) is 4.50. The van der Waals surface area contributed by atoms with E-state index in [1.54, 1.807) is 0 Å². The van der Waals surface area contributed by atoms with Crippen molar-refractivity contribution in [1.29, 1.82) is 0 Å². The van der Waals surface area contributed by atoms with Gasteiger partial charge in [-0.3, -0.25) is 4.40 Å². The minimum atomic E-state index is 0.987. The number of aryl methyl sites for hydroxylation is 1. The third kappa shape index (κ3) is 0.758. The maximum Gasteiger partial charge on any atom is 0.214 e. The highest BCUT2D eigenvalue weighted by Crippen LogP contribution is 2.15. The molecular weight excluding hydrogens is 162 g/mol. The Labute approximate surface area is 75.2 Å². The number of rotatable bonds is 0. The summed E-state index contributed by atoms with van der Waals surface area (Å²) < 4.78 is 4.11. The van der Waals surface area contributed by atoms with Crippen LogP contribution in [0, 0.1) is 0 Å². The first-order valence-electron chi connectivity index (χ1n) is 4.24. The van der Waals surface area contributed by atoms with Crippen LogP contribution in [0.15, 0.2) is 36.7 Å². The lowest BCUT2D eigenvalue weighted by Crippen LogP contribution is -1.85. The second-order valence-electron chi connectivity index (χ2n) is 3.18. The number of hydrogen-bond donors (Lipinski definition) is 0. The number of nitrogens with zero attached hydrogens (tertiary/aromatic N) is 3. The lowest BCUT2D eigenvalue weighted by Gasteiger charge is -1.86. The molecule has 13 heavy (non-hydrogen) atoms. The second-order valence-corrected chi connectivity index (χ2v) is 3.18. The third-order valence-electron chi connectivity index (χ3n) is 2.33. The van der Waals surface area contributed by atoms with Gasteiger partial charge in [-0.05, 0) is 12.1 Å². The molecule has 0 saturated carbocycles. The smallest absolute Gasteiger partial charge is 0.214 e. The highest BCUT2D eigenvalue weighted by molar-refractivity contribution is 5.79. The lowest BCUT2D eigenvalue weighted by molar-refractivity contribution is 0.940. The normalized spacial score (nSPS) is 11.5. The van der Waals surface area contributed by atoms with E-state index in [1.165, 1.54) is 0 Å². The molecule has 0 amide bonds. The SMILES string of the molecule is Cn1ccn2c3ccccc3nc12. The number of aromatic nitrogens is 3. The van der Waals surface area contributed by atoms with Gasteiger partial charge >= 0.3 is 0 Å². The summed E-state index contributed by atoms with van der Waals surface area (Å²) in [5.41, 5.74) is 2.21. The zero-order valence-electron chi connectivity index (χ0n) is 7.31. The van der Waals surface area contributed by atoms with Crippen molar-refractivity contribution in [3.05, 3.63) is 36.7 Å². The van der Waals surface area contributed by atoms with E-state index in [-0.39, 0.29) is 0 Å². The van der Waals surface area contributed by atoms with Crippen molar-refractivity contribution in [3.8, 4) is 0 Å². The quantitative estimate of drug-likeness (QED) is 0.505. The predicted octanol–water partition coefficient (Wildman–Crippen LogP) is 1.83. The summed E-state index contributed by atoms with van der Waals surface area (Å²) in [6, 6.07) is 8.15. The molecule has 0 unspecified atom stereocenters. The van der Waals surface area contributed by atoms with Crippen molar-refractivity contribution in [1.82, 2.24) is 14.0 Å². The molecule has 0 atom stereocenters. The Hall–Kier alpha value is -1.77. The van der Waals surface area contributed by atoms with E-state index in [9.17, 15) is 0 Å². The van der Waals surface area contributed by atoms with Crippen molar-refractivity contribution in [3.63, 3.8) is 0 Å². The van der Waals surface area contributed by atoms with Crippen LogP contribution in [-0.4, -0.2) is 14.0 Å². The fourth-order valence-corrected chi connectivity index (χ4v) is 1.66. The monoisotopic (exact) mass is 171 g/mol. The van der Waals surface area contributed by atoms with Gasteiger partial charge in [-0.1, -0.05) is 12.1 Å². The molecule has 2 aromatic heterocycles. The Balaban J connectivity index is 2.64. The molecule has 0 bridgehead atoms. The molecule has 0 aliphatic rings. The Bertz CT molecular complexity index is 574. The van der Waals surface area contributed by atoms with Crippen LogP contribution in [0.25, 0.3) is 16.8 Å². The maximum absolute atomic E-state index is 4.50. The van der Waals surface area contributed by atoms with Crippen molar-refractivity contribution in [2.75, 3.05) is 0 Å². The maximum atomic E-state index is 4.50. The van der Waals surface area contributed by atoms with Crippen molar-refractivity contribution in [2.24, 2.45) is 7.05 Å². The van der Waals surface area contributed by atoms with Crippen LogP contribution >= 0.6 is 0 Å². The Morgan fingerprint density at radius 3 is 2.92 bits per heavy atom. The molecule has 0 N–H and O–H groups in total. The number of benzene rings is 1. The molecule has 2 heterocycles. The van der Waals surface area contributed by atoms with Crippen molar-refractivity contribution < 1.29 is 0 Å². The number of imidazole rings is 2.